The zero-order chi connectivity index (χ0) is 33.5. The Hall–Kier alpha value is -7.05. The lowest BCUT2D eigenvalue weighted by Gasteiger charge is -2.11. The van der Waals surface area contributed by atoms with Gasteiger partial charge in [-0.2, -0.15) is 9.97 Å². The molecule has 7 aromatic carbocycles. The Kier molecular flexibility index (Phi) is 5.86. The fourth-order valence-corrected chi connectivity index (χ4v) is 7.80. The molecule has 0 radical (unpaired) electrons. The van der Waals surface area contributed by atoms with Crippen molar-refractivity contribution in [1.29, 1.82) is 0 Å². The molecule has 0 aliphatic heterocycles. The van der Waals surface area contributed by atoms with Crippen molar-refractivity contribution in [3.05, 3.63) is 164 Å². The molecule has 0 unspecified atom stereocenters. The minimum Gasteiger partial charge on any atom is -0.456 e. The van der Waals surface area contributed by atoms with Gasteiger partial charge in [-0.25, -0.2) is 4.98 Å². The molecule has 6 heteroatoms. The van der Waals surface area contributed by atoms with Crippen molar-refractivity contribution in [2.75, 3.05) is 0 Å². The van der Waals surface area contributed by atoms with E-state index in [1.165, 1.54) is 10.8 Å². The van der Waals surface area contributed by atoms with E-state index in [0.717, 1.165) is 71.6 Å². The predicted molar refractivity (Wildman–Crippen MR) is 207 cm³/mol. The van der Waals surface area contributed by atoms with Gasteiger partial charge in [-0.15, -0.1) is 0 Å². The van der Waals surface area contributed by atoms with Crippen LogP contribution in [0.4, 0.5) is 0 Å². The van der Waals surface area contributed by atoms with E-state index < -0.39 is 0 Å². The zero-order valence-corrected chi connectivity index (χ0v) is 27.2. The van der Waals surface area contributed by atoms with E-state index in [0.29, 0.717) is 17.6 Å². The third-order valence-electron chi connectivity index (χ3n) is 9.97. The Morgan fingerprint density at radius 2 is 0.961 bits per heavy atom. The molecule has 0 saturated heterocycles. The second-order valence-electron chi connectivity index (χ2n) is 12.8. The van der Waals surface area contributed by atoms with Crippen LogP contribution < -0.4 is 0 Å². The van der Waals surface area contributed by atoms with Crippen LogP contribution >= 0.6 is 0 Å². The zero-order valence-electron chi connectivity index (χ0n) is 27.2. The number of hydrogen-bond acceptors (Lipinski definition) is 4. The van der Waals surface area contributed by atoms with Gasteiger partial charge < -0.3 is 8.98 Å². The molecular formula is C45H27N5O. The van der Waals surface area contributed by atoms with Crippen LogP contribution in [0.15, 0.2) is 168 Å². The number of para-hydroxylation sites is 3. The third kappa shape index (κ3) is 4.07. The number of benzene rings is 7. The van der Waals surface area contributed by atoms with Crippen molar-refractivity contribution in [2.24, 2.45) is 0 Å². The number of fused-ring (bicyclic) bond motifs is 11. The molecule has 11 rings (SSSR count). The Balaban J connectivity index is 1.37. The molecule has 0 saturated carbocycles. The van der Waals surface area contributed by atoms with Crippen LogP contribution in [0.5, 0.6) is 0 Å². The van der Waals surface area contributed by atoms with Crippen LogP contribution in [0.3, 0.4) is 0 Å². The first-order valence-electron chi connectivity index (χ1n) is 17.0. The Bertz CT molecular complexity index is 3060. The van der Waals surface area contributed by atoms with Gasteiger partial charge in [-0.1, -0.05) is 121 Å². The molecule has 238 valence electrons. The van der Waals surface area contributed by atoms with Gasteiger partial charge in [0.2, 0.25) is 5.95 Å². The molecule has 0 aliphatic rings. The summed E-state index contributed by atoms with van der Waals surface area (Å²) in [5, 5.41) is 6.67. The summed E-state index contributed by atoms with van der Waals surface area (Å²) in [6.07, 6.45) is 0. The van der Waals surface area contributed by atoms with Crippen LogP contribution in [-0.4, -0.2) is 24.1 Å². The topological polar surface area (TPSA) is 61.7 Å². The molecule has 0 bridgehead atoms. The summed E-state index contributed by atoms with van der Waals surface area (Å²) in [7, 11) is 0. The molecule has 51 heavy (non-hydrogen) atoms. The van der Waals surface area contributed by atoms with Crippen molar-refractivity contribution in [1.82, 2.24) is 24.1 Å². The quantitative estimate of drug-likeness (QED) is 0.190. The Morgan fingerprint density at radius 1 is 0.373 bits per heavy atom. The standard InChI is InChI=1S/C45H27N5O/c1-4-14-28(15-5-1)43-46-44(29-16-6-2-7-17-29)48-45(47-43)50-36-26-24-32-31-20-10-12-22-35(31)49(30-18-8-3-9-19-30)41(32)39(36)34-25-27-38-40(42(34)50)33-21-11-13-23-37(33)51-38/h1-27H. The first kappa shape index (κ1) is 27.9. The lowest BCUT2D eigenvalue weighted by molar-refractivity contribution is 0.669. The summed E-state index contributed by atoms with van der Waals surface area (Å²) >= 11 is 0. The van der Waals surface area contributed by atoms with E-state index >= 15 is 0 Å². The molecule has 4 aromatic heterocycles. The van der Waals surface area contributed by atoms with Gasteiger partial charge in [0.25, 0.3) is 0 Å². The van der Waals surface area contributed by atoms with Crippen molar-refractivity contribution >= 4 is 65.6 Å². The van der Waals surface area contributed by atoms with Crippen LogP contribution in [0, 0.1) is 0 Å². The number of aromatic nitrogens is 5. The van der Waals surface area contributed by atoms with Gasteiger partial charge in [-0.3, -0.25) is 4.57 Å². The van der Waals surface area contributed by atoms with Crippen molar-refractivity contribution in [2.45, 2.75) is 0 Å². The molecule has 0 amide bonds. The summed E-state index contributed by atoms with van der Waals surface area (Å²) in [6, 6.07) is 56.6. The SMILES string of the molecule is c1ccc(-c2nc(-c3ccccc3)nc(-n3c4ccc5c6ccccc6n(-c6ccccc6)c5c4c4ccc5oc6ccccc6c5c43)n2)cc1. The number of nitrogens with zero attached hydrogens (tertiary/aromatic N) is 5. The lowest BCUT2D eigenvalue weighted by atomic mass is 10.1. The fourth-order valence-electron chi connectivity index (χ4n) is 7.80. The van der Waals surface area contributed by atoms with Crippen LogP contribution in [0.1, 0.15) is 0 Å². The highest BCUT2D eigenvalue weighted by Crippen LogP contribution is 2.45. The van der Waals surface area contributed by atoms with Gasteiger partial charge in [0.05, 0.1) is 27.5 Å². The fraction of sp³-hybridized carbons (Fsp3) is 0. The highest BCUT2D eigenvalue weighted by Gasteiger charge is 2.25. The highest BCUT2D eigenvalue weighted by molar-refractivity contribution is 6.31. The smallest absolute Gasteiger partial charge is 0.238 e. The monoisotopic (exact) mass is 653 g/mol. The van der Waals surface area contributed by atoms with Gasteiger partial charge in [0, 0.05) is 43.7 Å². The molecule has 0 aliphatic carbocycles. The molecular weight excluding hydrogens is 627 g/mol. The minimum absolute atomic E-state index is 0.544. The molecule has 6 nitrogen and oxygen atoms in total. The normalized spacial score (nSPS) is 11.9. The van der Waals surface area contributed by atoms with Crippen LogP contribution in [0.25, 0.3) is 100.0 Å². The number of rotatable bonds is 4. The van der Waals surface area contributed by atoms with E-state index in [9.17, 15) is 0 Å². The second kappa shape index (κ2) is 10.7. The first-order valence-corrected chi connectivity index (χ1v) is 17.0. The molecule has 4 heterocycles. The summed E-state index contributed by atoms with van der Waals surface area (Å²) in [5.41, 5.74) is 8.88. The van der Waals surface area contributed by atoms with Crippen molar-refractivity contribution < 1.29 is 4.42 Å². The summed E-state index contributed by atoms with van der Waals surface area (Å²) in [4.78, 5) is 15.5. The molecule has 0 spiro atoms. The largest absolute Gasteiger partial charge is 0.456 e. The highest BCUT2D eigenvalue weighted by atomic mass is 16.3. The molecule has 11 aromatic rings. The molecule has 0 N–H and O–H groups in total. The maximum atomic E-state index is 6.49. The van der Waals surface area contributed by atoms with E-state index in [2.05, 4.69) is 100 Å². The summed E-state index contributed by atoms with van der Waals surface area (Å²) in [6.45, 7) is 0. The first-order chi connectivity index (χ1) is 25.3. The van der Waals surface area contributed by atoms with Crippen LogP contribution in [-0.2, 0) is 0 Å². The molecule has 0 fully saturated rings. The van der Waals surface area contributed by atoms with E-state index in [-0.39, 0.29) is 0 Å². The minimum atomic E-state index is 0.544. The van der Waals surface area contributed by atoms with E-state index in [1.807, 2.05) is 72.8 Å². The Labute approximate surface area is 291 Å². The van der Waals surface area contributed by atoms with E-state index in [4.69, 9.17) is 19.4 Å². The molecule has 0 atom stereocenters. The van der Waals surface area contributed by atoms with Crippen molar-refractivity contribution in [3.63, 3.8) is 0 Å². The lowest BCUT2D eigenvalue weighted by Crippen LogP contribution is -2.06. The summed E-state index contributed by atoms with van der Waals surface area (Å²) < 4.78 is 11.1. The number of hydrogen-bond donors (Lipinski definition) is 0. The predicted octanol–water partition coefficient (Wildman–Crippen LogP) is 11.3. The average Bonchev–Trinajstić information content (AvgIpc) is 3.86. The van der Waals surface area contributed by atoms with E-state index in [1.54, 1.807) is 0 Å². The second-order valence-corrected chi connectivity index (χ2v) is 12.8. The van der Waals surface area contributed by atoms with Gasteiger partial charge in [0.1, 0.15) is 11.2 Å². The average molecular weight is 654 g/mol. The maximum absolute atomic E-state index is 6.49. The van der Waals surface area contributed by atoms with Crippen molar-refractivity contribution in [3.8, 4) is 34.4 Å². The number of furan rings is 1. The third-order valence-corrected chi connectivity index (χ3v) is 9.97. The van der Waals surface area contributed by atoms with Gasteiger partial charge in [-0.05, 0) is 42.5 Å². The van der Waals surface area contributed by atoms with Gasteiger partial charge >= 0.3 is 0 Å². The Morgan fingerprint density at radius 3 is 1.69 bits per heavy atom. The summed E-state index contributed by atoms with van der Waals surface area (Å²) in [5.74, 6) is 1.76. The maximum Gasteiger partial charge on any atom is 0.238 e. The van der Waals surface area contributed by atoms with Crippen LogP contribution in [0.2, 0.25) is 0 Å². The van der Waals surface area contributed by atoms with Gasteiger partial charge in [0.15, 0.2) is 11.6 Å².